The van der Waals surface area contributed by atoms with Crippen molar-refractivity contribution >= 4 is 39.0 Å². The Bertz CT molecular complexity index is 536. The highest BCUT2D eigenvalue weighted by atomic mass is 35.5. The van der Waals surface area contributed by atoms with Gasteiger partial charge in [-0.3, -0.25) is 0 Å². The molecular formula is C12H14ClN3S. The smallest absolute Gasteiger partial charge is 0.225 e. The molecule has 0 fully saturated rings. The van der Waals surface area contributed by atoms with E-state index in [4.69, 9.17) is 11.6 Å². The van der Waals surface area contributed by atoms with E-state index in [1.807, 2.05) is 6.08 Å². The number of rotatable bonds is 5. The summed E-state index contributed by atoms with van der Waals surface area (Å²) in [4.78, 5) is 10.7. The lowest BCUT2D eigenvalue weighted by atomic mass is 10.3. The van der Waals surface area contributed by atoms with Crippen LogP contribution in [0.25, 0.3) is 10.2 Å². The first kappa shape index (κ1) is 12.3. The van der Waals surface area contributed by atoms with Gasteiger partial charge in [-0.25, -0.2) is 9.97 Å². The molecule has 0 saturated carbocycles. The summed E-state index contributed by atoms with van der Waals surface area (Å²) in [6.07, 6.45) is 3.77. The fourth-order valence-corrected chi connectivity index (χ4v) is 2.73. The maximum Gasteiger partial charge on any atom is 0.225 e. The summed E-state index contributed by atoms with van der Waals surface area (Å²) < 4.78 is 0. The molecule has 0 aliphatic carbocycles. The topological polar surface area (TPSA) is 37.8 Å². The van der Waals surface area contributed by atoms with Crippen LogP contribution in [0.4, 0.5) is 5.82 Å². The summed E-state index contributed by atoms with van der Waals surface area (Å²) >= 11 is 7.58. The predicted molar refractivity (Wildman–Crippen MR) is 75.1 cm³/mol. The number of halogens is 1. The number of nitrogens with zero attached hydrogens (tertiary/aromatic N) is 2. The molecule has 2 aromatic rings. The van der Waals surface area contributed by atoms with E-state index in [2.05, 4.69) is 34.9 Å². The van der Waals surface area contributed by atoms with E-state index in [9.17, 15) is 0 Å². The first-order valence-electron chi connectivity index (χ1n) is 5.55. The van der Waals surface area contributed by atoms with Gasteiger partial charge < -0.3 is 5.32 Å². The van der Waals surface area contributed by atoms with Gasteiger partial charge in [0.25, 0.3) is 0 Å². The molecule has 17 heavy (non-hydrogen) atoms. The van der Waals surface area contributed by atoms with Crippen molar-refractivity contribution in [2.45, 2.75) is 19.8 Å². The number of aryl methyl sites for hydroxylation is 1. The van der Waals surface area contributed by atoms with Crippen molar-refractivity contribution in [2.75, 3.05) is 11.9 Å². The van der Waals surface area contributed by atoms with Crippen LogP contribution in [-0.4, -0.2) is 16.5 Å². The molecule has 0 spiro atoms. The first-order valence-corrected chi connectivity index (χ1v) is 6.74. The van der Waals surface area contributed by atoms with Gasteiger partial charge in [0.2, 0.25) is 5.28 Å². The Morgan fingerprint density at radius 1 is 1.53 bits per heavy atom. The highest BCUT2D eigenvalue weighted by Crippen LogP contribution is 2.30. The third kappa shape index (κ3) is 2.76. The minimum atomic E-state index is 0.295. The lowest BCUT2D eigenvalue weighted by molar-refractivity contribution is 1.05. The second kappa shape index (κ2) is 5.47. The molecule has 0 aliphatic rings. The maximum atomic E-state index is 5.91. The standard InChI is InChI=1S/C12H14ClN3S/c1-3-5-6-14-10-9-7-8(4-2)17-11(9)16-12(13)15-10/h3,7H,1,4-6H2,2H3,(H,14,15,16). The van der Waals surface area contributed by atoms with Crippen LogP contribution < -0.4 is 5.32 Å². The van der Waals surface area contributed by atoms with Crippen LogP contribution in [0.1, 0.15) is 18.2 Å². The highest BCUT2D eigenvalue weighted by molar-refractivity contribution is 7.18. The van der Waals surface area contributed by atoms with Gasteiger partial charge in [0.15, 0.2) is 0 Å². The zero-order chi connectivity index (χ0) is 12.3. The molecule has 90 valence electrons. The van der Waals surface area contributed by atoms with E-state index in [1.54, 1.807) is 11.3 Å². The van der Waals surface area contributed by atoms with Crippen molar-refractivity contribution in [3.8, 4) is 0 Å². The molecule has 0 saturated heterocycles. The number of fused-ring (bicyclic) bond motifs is 1. The quantitative estimate of drug-likeness (QED) is 0.507. The van der Waals surface area contributed by atoms with E-state index >= 15 is 0 Å². The van der Waals surface area contributed by atoms with Gasteiger partial charge in [-0.05, 0) is 30.5 Å². The lowest BCUT2D eigenvalue weighted by Crippen LogP contribution is -2.03. The molecule has 1 N–H and O–H groups in total. The van der Waals surface area contributed by atoms with Gasteiger partial charge in [0, 0.05) is 11.4 Å². The molecule has 0 amide bonds. The molecule has 2 rings (SSSR count). The summed E-state index contributed by atoms with van der Waals surface area (Å²) in [5.74, 6) is 0.817. The minimum Gasteiger partial charge on any atom is -0.369 e. The molecule has 2 aromatic heterocycles. The molecule has 0 atom stereocenters. The number of nitrogens with one attached hydrogen (secondary N) is 1. The van der Waals surface area contributed by atoms with Crippen LogP contribution in [0, 0.1) is 0 Å². The Balaban J connectivity index is 2.37. The summed E-state index contributed by atoms with van der Waals surface area (Å²) in [6.45, 7) is 6.63. The number of anilines is 1. The normalized spacial score (nSPS) is 10.7. The monoisotopic (exact) mass is 267 g/mol. The van der Waals surface area contributed by atoms with E-state index in [0.29, 0.717) is 5.28 Å². The van der Waals surface area contributed by atoms with Crippen molar-refractivity contribution < 1.29 is 0 Å². The average molecular weight is 268 g/mol. The van der Waals surface area contributed by atoms with Crippen LogP contribution in [0.5, 0.6) is 0 Å². The van der Waals surface area contributed by atoms with E-state index in [-0.39, 0.29) is 0 Å². The third-order valence-electron chi connectivity index (χ3n) is 2.41. The molecular weight excluding hydrogens is 254 g/mol. The Morgan fingerprint density at radius 3 is 3.06 bits per heavy atom. The molecule has 0 aliphatic heterocycles. The number of aromatic nitrogens is 2. The van der Waals surface area contributed by atoms with Gasteiger partial charge in [-0.2, -0.15) is 0 Å². The van der Waals surface area contributed by atoms with Crippen molar-refractivity contribution in [1.82, 2.24) is 9.97 Å². The van der Waals surface area contributed by atoms with Gasteiger partial charge in [-0.15, -0.1) is 17.9 Å². The second-order valence-electron chi connectivity index (χ2n) is 3.63. The van der Waals surface area contributed by atoms with Crippen molar-refractivity contribution in [1.29, 1.82) is 0 Å². The largest absolute Gasteiger partial charge is 0.369 e. The number of hydrogen-bond donors (Lipinski definition) is 1. The van der Waals surface area contributed by atoms with E-state index in [1.165, 1.54) is 4.88 Å². The zero-order valence-corrected chi connectivity index (χ0v) is 11.2. The van der Waals surface area contributed by atoms with Crippen LogP contribution in [0.2, 0.25) is 5.28 Å². The second-order valence-corrected chi connectivity index (χ2v) is 5.08. The van der Waals surface area contributed by atoms with Gasteiger partial charge in [0.1, 0.15) is 10.6 Å². The van der Waals surface area contributed by atoms with Gasteiger partial charge in [-0.1, -0.05) is 13.0 Å². The van der Waals surface area contributed by atoms with Crippen molar-refractivity contribution in [3.05, 3.63) is 28.9 Å². The molecule has 5 heteroatoms. The summed E-state index contributed by atoms with van der Waals surface area (Å²) in [5, 5.41) is 4.62. The first-order chi connectivity index (χ1) is 8.24. The van der Waals surface area contributed by atoms with Crippen LogP contribution in [-0.2, 0) is 6.42 Å². The molecule has 0 unspecified atom stereocenters. The van der Waals surface area contributed by atoms with Gasteiger partial charge in [0.05, 0.1) is 5.39 Å². The Kier molecular flexibility index (Phi) is 3.97. The molecule has 0 radical (unpaired) electrons. The minimum absolute atomic E-state index is 0.295. The SMILES string of the molecule is C=CCCNc1nc(Cl)nc2sc(CC)cc12. The fraction of sp³-hybridized carbons (Fsp3) is 0.333. The van der Waals surface area contributed by atoms with Gasteiger partial charge >= 0.3 is 0 Å². The van der Waals surface area contributed by atoms with Crippen LogP contribution in [0.15, 0.2) is 18.7 Å². The number of hydrogen-bond acceptors (Lipinski definition) is 4. The van der Waals surface area contributed by atoms with Crippen LogP contribution >= 0.6 is 22.9 Å². The molecule has 0 bridgehead atoms. The summed E-state index contributed by atoms with van der Waals surface area (Å²) in [5.41, 5.74) is 0. The van der Waals surface area contributed by atoms with Crippen molar-refractivity contribution in [2.24, 2.45) is 0 Å². The summed E-state index contributed by atoms with van der Waals surface area (Å²) in [6, 6.07) is 2.13. The molecule has 0 aromatic carbocycles. The predicted octanol–water partition coefficient (Wildman–Crippen LogP) is 3.90. The average Bonchev–Trinajstić information content (AvgIpc) is 2.72. The van der Waals surface area contributed by atoms with Crippen LogP contribution in [0.3, 0.4) is 0 Å². The van der Waals surface area contributed by atoms with Crippen molar-refractivity contribution in [3.63, 3.8) is 0 Å². The highest BCUT2D eigenvalue weighted by Gasteiger charge is 2.09. The Hall–Kier alpha value is -1.13. The molecule has 2 heterocycles. The third-order valence-corrected chi connectivity index (χ3v) is 3.75. The Morgan fingerprint density at radius 2 is 2.35 bits per heavy atom. The van der Waals surface area contributed by atoms with E-state index < -0.39 is 0 Å². The lowest BCUT2D eigenvalue weighted by Gasteiger charge is -2.04. The maximum absolute atomic E-state index is 5.91. The summed E-state index contributed by atoms with van der Waals surface area (Å²) in [7, 11) is 0. The molecule has 3 nitrogen and oxygen atoms in total. The Labute approximate surface area is 110 Å². The number of thiophene rings is 1. The fourth-order valence-electron chi connectivity index (χ4n) is 1.55. The zero-order valence-electron chi connectivity index (χ0n) is 9.66. The van der Waals surface area contributed by atoms with E-state index in [0.717, 1.165) is 35.4 Å².